The first kappa shape index (κ1) is 10.7. The minimum absolute atomic E-state index is 0.557. The Hall–Kier alpha value is 0.830. The second-order valence-corrected chi connectivity index (χ2v) is 1.60. The average molecular weight is 165 g/mol. The van der Waals surface area contributed by atoms with Crippen molar-refractivity contribution >= 4 is 35.1 Å². The molecule has 0 saturated heterocycles. The summed E-state index contributed by atoms with van der Waals surface area (Å²) in [5.74, 6) is 1.11. The maximum atomic E-state index is 5.05. The van der Waals surface area contributed by atoms with Crippen LogP contribution in [0, 0.1) is 0 Å². The Morgan fingerprint density at radius 2 is 1.43 bits per heavy atom. The van der Waals surface area contributed by atoms with Crippen LogP contribution in [0.4, 0.5) is 0 Å². The molecule has 7 heavy (non-hydrogen) atoms. The SMILES string of the molecule is COCl.ClCCCl. The highest BCUT2D eigenvalue weighted by atomic mass is 35.5. The number of rotatable bonds is 1. The van der Waals surface area contributed by atoms with Crippen LogP contribution in [0.5, 0.6) is 0 Å². The molecule has 0 unspecified atom stereocenters. The molecule has 0 aliphatic carbocycles. The molecule has 0 atom stereocenters. The highest BCUT2D eigenvalue weighted by molar-refractivity contribution is 6.25. The van der Waals surface area contributed by atoms with E-state index in [1.807, 2.05) is 0 Å². The third-order valence-corrected chi connectivity index (χ3v) is 0.643. The maximum absolute atomic E-state index is 5.05. The van der Waals surface area contributed by atoms with Crippen molar-refractivity contribution in [2.45, 2.75) is 0 Å². The molecule has 0 aliphatic rings. The molecule has 0 spiro atoms. The van der Waals surface area contributed by atoms with Gasteiger partial charge >= 0.3 is 0 Å². The predicted molar refractivity (Wildman–Crippen MR) is 34.3 cm³/mol. The van der Waals surface area contributed by atoms with Crippen molar-refractivity contribution in [1.82, 2.24) is 0 Å². The molecule has 0 heterocycles. The Bertz CT molecular complexity index is 17.7. The quantitative estimate of drug-likeness (QED) is 0.542. The van der Waals surface area contributed by atoms with Crippen LogP contribution in [0.3, 0.4) is 0 Å². The van der Waals surface area contributed by atoms with E-state index in [0.29, 0.717) is 11.8 Å². The van der Waals surface area contributed by atoms with E-state index in [2.05, 4.69) is 16.2 Å². The van der Waals surface area contributed by atoms with Gasteiger partial charge in [-0.05, 0) is 0 Å². The van der Waals surface area contributed by atoms with E-state index in [1.165, 1.54) is 7.11 Å². The first-order chi connectivity index (χ1) is 3.33. The number of hydrogen-bond donors (Lipinski definition) is 0. The minimum Gasteiger partial charge on any atom is -0.283 e. The monoisotopic (exact) mass is 164 g/mol. The fourth-order valence-corrected chi connectivity index (χ4v) is 0. The van der Waals surface area contributed by atoms with E-state index < -0.39 is 0 Å². The van der Waals surface area contributed by atoms with Crippen LogP contribution in [0.2, 0.25) is 0 Å². The normalized spacial score (nSPS) is 6.86. The molecule has 4 heteroatoms. The third-order valence-electron chi connectivity index (χ3n) is 0.0714. The summed E-state index contributed by atoms with van der Waals surface area (Å²) in [7, 11) is 1.39. The van der Waals surface area contributed by atoms with Crippen molar-refractivity contribution in [3.05, 3.63) is 0 Å². The molecule has 0 amide bonds. The van der Waals surface area contributed by atoms with Gasteiger partial charge in [-0.15, -0.1) is 23.2 Å². The molecule has 0 fully saturated rings. The maximum Gasteiger partial charge on any atom is 0.0606 e. The largest absolute Gasteiger partial charge is 0.283 e. The molecule has 0 N–H and O–H groups in total. The number of alkyl halides is 2. The molecule has 0 aliphatic heterocycles. The summed E-state index contributed by atoms with van der Waals surface area (Å²) < 4.78 is 3.72. The second-order valence-electron chi connectivity index (χ2n) is 0.532. The first-order valence-electron chi connectivity index (χ1n) is 1.60. The van der Waals surface area contributed by atoms with Crippen LogP contribution in [-0.2, 0) is 4.29 Å². The minimum atomic E-state index is 0.557. The highest BCUT2D eigenvalue weighted by Crippen LogP contribution is 1.75. The van der Waals surface area contributed by atoms with Gasteiger partial charge < -0.3 is 0 Å². The molecule has 0 aromatic rings. The van der Waals surface area contributed by atoms with Crippen molar-refractivity contribution in [2.24, 2.45) is 0 Å². The summed E-state index contributed by atoms with van der Waals surface area (Å²) in [6.07, 6.45) is 0. The lowest BCUT2D eigenvalue weighted by Crippen LogP contribution is -1.63. The Balaban J connectivity index is 0. The van der Waals surface area contributed by atoms with Gasteiger partial charge in [0.05, 0.1) is 19.0 Å². The zero-order valence-electron chi connectivity index (χ0n) is 3.96. The van der Waals surface area contributed by atoms with Crippen LogP contribution < -0.4 is 0 Å². The van der Waals surface area contributed by atoms with Crippen molar-refractivity contribution in [1.29, 1.82) is 0 Å². The van der Waals surface area contributed by atoms with E-state index in [0.717, 1.165) is 0 Å². The fraction of sp³-hybridized carbons (Fsp3) is 1.00. The van der Waals surface area contributed by atoms with Gasteiger partial charge in [-0.1, -0.05) is 0 Å². The molecule has 0 saturated carbocycles. The highest BCUT2D eigenvalue weighted by Gasteiger charge is 1.61. The molecule has 0 aromatic carbocycles. The van der Waals surface area contributed by atoms with Gasteiger partial charge in [0.1, 0.15) is 0 Å². The predicted octanol–water partition coefficient (Wildman–Crippen LogP) is 2.25. The van der Waals surface area contributed by atoms with Crippen LogP contribution in [0.1, 0.15) is 0 Å². The molecular formula is C3H7Cl3O. The second kappa shape index (κ2) is 15.8. The summed E-state index contributed by atoms with van der Waals surface area (Å²) in [4.78, 5) is 0. The smallest absolute Gasteiger partial charge is 0.0606 e. The van der Waals surface area contributed by atoms with E-state index >= 15 is 0 Å². The van der Waals surface area contributed by atoms with Crippen molar-refractivity contribution < 1.29 is 4.29 Å². The first-order valence-corrected chi connectivity index (χ1v) is 2.97. The van der Waals surface area contributed by atoms with Gasteiger partial charge in [0.25, 0.3) is 0 Å². The van der Waals surface area contributed by atoms with E-state index in [1.54, 1.807) is 0 Å². The molecule has 1 nitrogen and oxygen atoms in total. The van der Waals surface area contributed by atoms with Gasteiger partial charge in [0, 0.05) is 11.8 Å². The third kappa shape index (κ3) is 47.6. The van der Waals surface area contributed by atoms with E-state index in [9.17, 15) is 0 Å². The van der Waals surface area contributed by atoms with Crippen LogP contribution >= 0.6 is 35.1 Å². The van der Waals surface area contributed by atoms with Crippen molar-refractivity contribution in [3.63, 3.8) is 0 Å². The van der Waals surface area contributed by atoms with E-state index in [4.69, 9.17) is 23.2 Å². The van der Waals surface area contributed by atoms with Gasteiger partial charge in [-0.3, -0.25) is 4.29 Å². The van der Waals surface area contributed by atoms with Crippen LogP contribution in [-0.4, -0.2) is 18.9 Å². The van der Waals surface area contributed by atoms with Gasteiger partial charge in [0.2, 0.25) is 0 Å². The molecule has 0 rings (SSSR count). The topological polar surface area (TPSA) is 9.23 Å². The van der Waals surface area contributed by atoms with E-state index in [-0.39, 0.29) is 0 Å². The molecule has 0 aromatic heterocycles. The number of halogens is 3. The van der Waals surface area contributed by atoms with Crippen molar-refractivity contribution in [2.75, 3.05) is 18.9 Å². The Kier molecular flexibility index (Phi) is 24.3. The lowest BCUT2D eigenvalue weighted by atomic mass is 11.0. The average Bonchev–Trinajstić information content (AvgIpc) is 1.69. The lowest BCUT2D eigenvalue weighted by Gasteiger charge is -1.63. The van der Waals surface area contributed by atoms with Crippen LogP contribution in [0.25, 0.3) is 0 Å². The zero-order valence-corrected chi connectivity index (χ0v) is 6.22. The Labute approximate surface area is 58.7 Å². The Morgan fingerprint density at radius 1 is 1.29 bits per heavy atom. The van der Waals surface area contributed by atoms with Gasteiger partial charge in [-0.25, -0.2) is 0 Å². The fourth-order valence-electron chi connectivity index (χ4n) is 0. The standard InChI is InChI=1S/C2H4Cl2.CH3ClO/c3-1-2-4;1-3-2/h1-2H2;1H3. The molecular weight excluding hydrogens is 158 g/mol. The Morgan fingerprint density at radius 3 is 1.43 bits per heavy atom. The molecule has 46 valence electrons. The van der Waals surface area contributed by atoms with Crippen LogP contribution in [0.15, 0.2) is 0 Å². The summed E-state index contributed by atoms with van der Waals surface area (Å²) >= 11 is 14.6. The molecule has 0 radical (unpaired) electrons. The van der Waals surface area contributed by atoms with Gasteiger partial charge in [0.15, 0.2) is 0 Å². The zero-order chi connectivity index (χ0) is 6.12. The lowest BCUT2D eigenvalue weighted by molar-refractivity contribution is 0.463. The van der Waals surface area contributed by atoms with Crippen molar-refractivity contribution in [3.8, 4) is 0 Å². The summed E-state index contributed by atoms with van der Waals surface area (Å²) in [5.41, 5.74) is 0. The summed E-state index contributed by atoms with van der Waals surface area (Å²) in [6.45, 7) is 0. The number of hydrogen-bond acceptors (Lipinski definition) is 1. The summed E-state index contributed by atoms with van der Waals surface area (Å²) in [5, 5.41) is 0. The molecule has 0 bridgehead atoms. The van der Waals surface area contributed by atoms with Gasteiger partial charge in [-0.2, -0.15) is 0 Å². The summed E-state index contributed by atoms with van der Waals surface area (Å²) in [6, 6.07) is 0.